The van der Waals surface area contributed by atoms with E-state index in [1.165, 1.54) is 30.4 Å². The van der Waals surface area contributed by atoms with Crippen molar-refractivity contribution < 1.29 is 0 Å². The van der Waals surface area contributed by atoms with Crippen LogP contribution in [0.4, 0.5) is 0 Å². The predicted octanol–water partition coefficient (Wildman–Crippen LogP) is 2.84. The summed E-state index contributed by atoms with van der Waals surface area (Å²) in [6.07, 6.45) is 4.77. The molecule has 1 nitrogen and oxygen atoms in total. The van der Waals surface area contributed by atoms with Gasteiger partial charge in [-0.2, -0.15) is 0 Å². The van der Waals surface area contributed by atoms with Crippen LogP contribution in [0.5, 0.6) is 0 Å². The molecule has 0 heterocycles. The van der Waals surface area contributed by atoms with Crippen LogP contribution in [0.15, 0.2) is 24.3 Å². The molecule has 0 aliphatic heterocycles. The Balaban J connectivity index is 2.09. The Morgan fingerprint density at radius 2 is 1.93 bits per heavy atom. The Labute approximate surface area is 86.3 Å². The van der Waals surface area contributed by atoms with Crippen molar-refractivity contribution >= 4 is 0 Å². The summed E-state index contributed by atoms with van der Waals surface area (Å²) in [6.45, 7) is 2.19. The molecule has 2 rings (SSSR count). The molecule has 2 atom stereocenters. The minimum absolute atomic E-state index is 0.436. The van der Waals surface area contributed by atoms with Crippen LogP contribution in [0.25, 0.3) is 0 Å². The second kappa shape index (κ2) is 4.14. The van der Waals surface area contributed by atoms with E-state index in [0.717, 1.165) is 12.3 Å². The third kappa shape index (κ3) is 1.98. The molecule has 2 N–H and O–H groups in total. The highest BCUT2D eigenvalue weighted by Crippen LogP contribution is 2.33. The maximum Gasteiger partial charge on any atom is 0.00448 e. The van der Waals surface area contributed by atoms with Crippen LogP contribution in [0.3, 0.4) is 0 Å². The lowest BCUT2D eigenvalue weighted by molar-refractivity contribution is 0.674. The largest absolute Gasteiger partial charge is 0.328 e. The summed E-state index contributed by atoms with van der Waals surface area (Å²) < 4.78 is 0. The van der Waals surface area contributed by atoms with Crippen LogP contribution in [0, 0.1) is 0 Å². The molecule has 0 radical (unpaired) electrons. The van der Waals surface area contributed by atoms with E-state index in [1.54, 1.807) is 0 Å². The van der Waals surface area contributed by atoms with Crippen LogP contribution < -0.4 is 5.73 Å². The van der Waals surface area contributed by atoms with Gasteiger partial charge in [0.15, 0.2) is 0 Å². The van der Waals surface area contributed by atoms with Gasteiger partial charge in [-0.25, -0.2) is 0 Å². The molecule has 14 heavy (non-hydrogen) atoms. The van der Waals surface area contributed by atoms with Crippen molar-refractivity contribution in [2.75, 3.05) is 0 Å². The van der Waals surface area contributed by atoms with Crippen molar-refractivity contribution in [1.29, 1.82) is 0 Å². The normalized spacial score (nSPS) is 26.7. The molecule has 0 spiro atoms. The molecular formula is C13H19N. The molecule has 0 aromatic heterocycles. The first-order chi connectivity index (χ1) is 6.79. The van der Waals surface area contributed by atoms with E-state index in [4.69, 9.17) is 5.73 Å². The second-order valence-corrected chi connectivity index (χ2v) is 4.37. The molecule has 2 unspecified atom stereocenters. The zero-order valence-electron chi connectivity index (χ0n) is 8.87. The van der Waals surface area contributed by atoms with Gasteiger partial charge in [0.1, 0.15) is 0 Å². The number of nitrogens with two attached hydrogens (primary N) is 1. The van der Waals surface area contributed by atoms with E-state index < -0.39 is 0 Å². The third-order valence-corrected chi connectivity index (χ3v) is 3.33. The highest BCUT2D eigenvalue weighted by molar-refractivity contribution is 5.26. The summed E-state index contributed by atoms with van der Waals surface area (Å²) in [5, 5.41) is 0. The van der Waals surface area contributed by atoms with Gasteiger partial charge in [-0.05, 0) is 42.7 Å². The van der Waals surface area contributed by atoms with Crippen LogP contribution in [0.2, 0.25) is 0 Å². The van der Waals surface area contributed by atoms with E-state index in [-0.39, 0.29) is 0 Å². The lowest BCUT2D eigenvalue weighted by Gasteiger charge is -2.10. The first-order valence-electron chi connectivity index (χ1n) is 5.64. The molecule has 1 fully saturated rings. The molecule has 76 valence electrons. The lowest BCUT2D eigenvalue weighted by Crippen LogP contribution is -2.14. The summed E-state index contributed by atoms with van der Waals surface area (Å²) in [6, 6.07) is 9.49. The Bertz CT molecular complexity index is 289. The highest BCUT2D eigenvalue weighted by Gasteiger charge is 2.22. The fourth-order valence-electron chi connectivity index (χ4n) is 2.34. The van der Waals surface area contributed by atoms with Crippen LogP contribution >= 0.6 is 0 Å². The highest BCUT2D eigenvalue weighted by atomic mass is 14.6. The fraction of sp³-hybridized carbons (Fsp3) is 0.538. The van der Waals surface area contributed by atoms with Gasteiger partial charge in [-0.3, -0.25) is 0 Å². The number of rotatable bonds is 2. The smallest absolute Gasteiger partial charge is 0.00448 e. The quantitative estimate of drug-likeness (QED) is 0.760. The zero-order chi connectivity index (χ0) is 9.97. The molecule has 1 heteroatoms. The summed E-state index contributed by atoms with van der Waals surface area (Å²) in [4.78, 5) is 0. The maximum absolute atomic E-state index is 5.92. The molecule has 0 amide bonds. The van der Waals surface area contributed by atoms with E-state index in [2.05, 4.69) is 31.2 Å². The standard InChI is InChI=1S/C13H19N/c1-2-10-3-5-11(6-4-10)12-7-8-13(14)9-12/h3-6,12-13H,2,7-9,14H2,1H3. The number of hydrogen-bond donors (Lipinski definition) is 1. The zero-order valence-corrected chi connectivity index (χ0v) is 8.87. The first-order valence-corrected chi connectivity index (χ1v) is 5.64. The SMILES string of the molecule is CCc1ccc(C2CCC(N)C2)cc1. The average molecular weight is 189 g/mol. The number of aryl methyl sites for hydroxylation is 1. The van der Waals surface area contributed by atoms with Gasteiger partial charge in [-0.1, -0.05) is 31.2 Å². The van der Waals surface area contributed by atoms with Crippen molar-refractivity contribution in [3.8, 4) is 0 Å². The first kappa shape index (κ1) is 9.72. The lowest BCUT2D eigenvalue weighted by atomic mass is 9.96. The van der Waals surface area contributed by atoms with E-state index in [1.807, 2.05) is 0 Å². The Morgan fingerprint density at radius 3 is 2.43 bits per heavy atom. The molecule has 1 aliphatic carbocycles. The van der Waals surface area contributed by atoms with E-state index in [9.17, 15) is 0 Å². The van der Waals surface area contributed by atoms with Crippen molar-refractivity contribution in [3.63, 3.8) is 0 Å². The fourth-order valence-corrected chi connectivity index (χ4v) is 2.34. The summed E-state index contributed by atoms with van der Waals surface area (Å²) in [7, 11) is 0. The number of hydrogen-bond acceptors (Lipinski definition) is 1. The van der Waals surface area contributed by atoms with Gasteiger partial charge in [-0.15, -0.1) is 0 Å². The third-order valence-electron chi connectivity index (χ3n) is 3.33. The minimum atomic E-state index is 0.436. The Morgan fingerprint density at radius 1 is 1.21 bits per heavy atom. The van der Waals surface area contributed by atoms with Gasteiger partial charge in [0.2, 0.25) is 0 Å². The van der Waals surface area contributed by atoms with Gasteiger partial charge in [0, 0.05) is 6.04 Å². The molecule has 0 saturated heterocycles. The van der Waals surface area contributed by atoms with Gasteiger partial charge in [0.05, 0.1) is 0 Å². The molecule has 1 aromatic rings. The summed E-state index contributed by atoms with van der Waals surface area (Å²) in [5.41, 5.74) is 8.83. The van der Waals surface area contributed by atoms with Crippen LogP contribution in [-0.4, -0.2) is 6.04 Å². The van der Waals surface area contributed by atoms with Crippen molar-refractivity contribution in [2.24, 2.45) is 5.73 Å². The van der Waals surface area contributed by atoms with Crippen LogP contribution in [0.1, 0.15) is 43.2 Å². The monoisotopic (exact) mass is 189 g/mol. The van der Waals surface area contributed by atoms with Gasteiger partial charge < -0.3 is 5.73 Å². The van der Waals surface area contributed by atoms with Gasteiger partial charge in [0.25, 0.3) is 0 Å². The van der Waals surface area contributed by atoms with Crippen molar-refractivity contribution in [2.45, 2.75) is 44.6 Å². The van der Waals surface area contributed by atoms with Gasteiger partial charge >= 0.3 is 0 Å². The predicted molar refractivity (Wildman–Crippen MR) is 60.4 cm³/mol. The van der Waals surface area contributed by atoms with E-state index in [0.29, 0.717) is 6.04 Å². The summed E-state index contributed by atoms with van der Waals surface area (Å²) >= 11 is 0. The Kier molecular flexibility index (Phi) is 2.87. The van der Waals surface area contributed by atoms with E-state index >= 15 is 0 Å². The molecule has 1 aliphatic rings. The second-order valence-electron chi connectivity index (χ2n) is 4.37. The molecule has 0 bridgehead atoms. The average Bonchev–Trinajstić information content (AvgIpc) is 2.65. The molecule has 1 aromatic carbocycles. The van der Waals surface area contributed by atoms with Crippen LogP contribution in [-0.2, 0) is 6.42 Å². The minimum Gasteiger partial charge on any atom is -0.328 e. The maximum atomic E-state index is 5.92. The number of benzene rings is 1. The van der Waals surface area contributed by atoms with Crippen molar-refractivity contribution in [3.05, 3.63) is 35.4 Å². The molecular weight excluding hydrogens is 170 g/mol. The molecule has 1 saturated carbocycles. The summed E-state index contributed by atoms with van der Waals surface area (Å²) in [5.74, 6) is 0.718. The Hall–Kier alpha value is -0.820. The van der Waals surface area contributed by atoms with Crippen molar-refractivity contribution in [1.82, 2.24) is 0 Å². The topological polar surface area (TPSA) is 26.0 Å².